The van der Waals surface area contributed by atoms with Gasteiger partial charge in [0.2, 0.25) is 47.3 Å². The molecule has 1 fully saturated rings. The quantitative estimate of drug-likeness (QED) is 0.0568. The zero-order valence-electron chi connectivity index (χ0n) is 30.2. The van der Waals surface area contributed by atoms with Gasteiger partial charge in [0.05, 0.1) is 13.1 Å². The second-order valence-electron chi connectivity index (χ2n) is 13.6. The van der Waals surface area contributed by atoms with Gasteiger partial charge in [-0.1, -0.05) is 41.5 Å². The molecule has 11 N–H and O–H groups in total. The van der Waals surface area contributed by atoms with Crippen LogP contribution in [0.4, 0.5) is 0 Å². The van der Waals surface area contributed by atoms with E-state index in [1.54, 1.807) is 27.7 Å². The molecule has 0 spiro atoms. The van der Waals surface area contributed by atoms with Crippen LogP contribution in [0.25, 0.3) is 0 Å². The van der Waals surface area contributed by atoms with Gasteiger partial charge in [-0.15, -0.1) is 0 Å². The minimum Gasteiger partial charge on any atom is -0.480 e. The maximum Gasteiger partial charge on any atom is 0.322 e. The van der Waals surface area contributed by atoms with Crippen molar-refractivity contribution in [3.8, 4) is 0 Å². The molecule has 0 bridgehead atoms. The van der Waals surface area contributed by atoms with Crippen LogP contribution >= 0.6 is 0 Å². The molecule has 19 nitrogen and oxygen atoms in total. The van der Waals surface area contributed by atoms with Crippen LogP contribution in [0.1, 0.15) is 73.6 Å². The van der Waals surface area contributed by atoms with E-state index in [-0.39, 0.29) is 31.7 Å². The van der Waals surface area contributed by atoms with Crippen molar-refractivity contribution in [3.05, 3.63) is 0 Å². The number of nitrogens with zero attached hydrogens (tertiary/aromatic N) is 1. The predicted molar refractivity (Wildman–Crippen MR) is 183 cm³/mol. The number of amides is 8. The average molecular weight is 726 g/mol. The molecule has 51 heavy (non-hydrogen) atoms. The molecular formula is C32H55N9O10. The molecule has 8 amide bonds. The van der Waals surface area contributed by atoms with E-state index >= 15 is 0 Å². The summed E-state index contributed by atoms with van der Waals surface area (Å²) in [5.41, 5.74) is 10.8. The van der Waals surface area contributed by atoms with Crippen molar-refractivity contribution in [2.24, 2.45) is 29.2 Å². The Labute approximate surface area is 297 Å². The van der Waals surface area contributed by atoms with Crippen molar-refractivity contribution in [2.75, 3.05) is 26.2 Å². The first-order chi connectivity index (χ1) is 23.8. The molecule has 288 valence electrons. The zero-order valence-corrected chi connectivity index (χ0v) is 30.2. The van der Waals surface area contributed by atoms with Gasteiger partial charge in [-0.2, -0.15) is 0 Å². The minimum atomic E-state index is -1.29. The number of nitrogens with two attached hydrogens (primary N) is 2. The molecule has 0 aliphatic carbocycles. The summed E-state index contributed by atoms with van der Waals surface area (Å²) in [6.07, 6.45) is 0.601. The standard InChI is InChI=1S/C32H55N9O10/c1-16(2)12-20(29(48)39-26(17(3)4)31(50)36-14-23(43)35-15-25(45)46)38-32(51)27(18(5)6)40-28(47)19(9-10-22(34)42)37-30(49)21-8-7-11-41(21)24(44)13-33/h16-21,26-27H,7-15,33H2,1-6H3,(H2,34,42)(H,35,43)(H,36,50)(H,37,49)(H,38,51)(H,39,48)(H,40,47)(H,45,46)/t19-,20+,21+,26+,27+/m0/s1. The van der Waals surface area contributed by atoms with Crippen LogP contribution in [0.2, 0.25) is 0 Å². The molecule has 0 unspecified atom stereocenters. The van der Waals surface area contributed by atoms with Gasteiger partial charge in [0.25, 0.3) is 0 Å². The molecule has 1 heterocycles. The first-order valence-corrected chi connectivity index (χ1v) is 17.0. The van der Waals surface area contributed by atoms with Gasteiger partial charge in [-0.25, -0.2) is 0 Å². The Hall–Kier alpha value is -4.81. The lowest BCUT2D eigenvalue weighted by Gasteiger charge is -2.30. The van der Waals surface area contributed by atoms with Gasteiger partial charge in [-0.3, -0.25) is 43.2 Å². The zero-order chi connectivity index (χ0) is 39.0. The number of rotatable bonds is 21. The molecular weight excluding hydrogens is 670 g/mol. The number of primary amides is 1. The summed E-state index contributed by atoms with van der Waals surface area (Å²) >= 11 is 0. The third-order valence-electron chi connectivity index (χ3n) is 8.06. The maximum absolute atomic E-state index is 13.6. The SMILES string of the molecule is CC(C)C[C@@H](NC(=O)[C@H](NC(=O)[C@H](CCC(N)=O)NC(=O)[C@H]1CCCN1C(=O)CN)C(C)C)C(=O)N[C@@H](C(=O)NCC(=O)NCC(=O)O)C(C)C. The Kier molecular flexibility index (Phi) is 18.6. The first-order valence-electron chi connectivity index (χ1n) is 17.0. The van der Waals surface area contributed by atoms with Crippen molar-refractivity contribution < 1.29 is 48.3 Å². The van der Waals surface area contributed by atoms with Crippen LogP contribution in [0.15, 0.2) is 0 Å². The third-order valence-corrected chi connectivity index (χ3v) is 8.06. The average Bonchev–Trinajstić information content (AvgIpc) is 3.54. The van der Waals surface area contributed by atoms with E-state index in [2.05, 4.69) is 31.9 Å². The van der Waals surface area contributed by atoms with Crippen LogP contribution in [0.5, 0.6) is 0 Å². The predicted octanol–water partition coefficient (Wildman–Crippen LogP) is -3.18. The number of carboxylic acid groups (broad SMARTS) is 1. The molecule has 0 radical (unpaired) electrons. The second kappa shape index (κ2) is 21.4. The van der Waals surface area contributed by atoms with E-state index in [9.17, 15) is 43.2 Å². The lowest BCUT2D eigenvalue weighted by Crippen LogP contribution is -2.60. The number of aliphatic carboxylic acids is 1. The molecule has 1 rings (SSSR count). The highest BCUT2D eigenvalue weighted by atomic mass is 16.4. The van der Waals surface area contributed by atoms with Gasteiger partial charge in [-0.05, 0) is 43.4 Å². The van der Waals surface area contributed by atoms with Gasteiger partial charge in [0, 0.05) is 13.0 Å². The van der Waals surface area contributed by atoms with Crippen molar-refractivity contribution in [3.63, 3.8) is 0 Å². The summed E-state index contributed by atoms with van der Waals surface area (Å²) in [7, 11) is 0. The lowest BCUT2D eigenvalue weighted by molar-refractivity contribution is -0.139. The molecule has 0 saturated carbocycles. The Balaban J connectivity index is 3.12. The highest BCUT2D eigenvalue weighted by Crippen LogP contribution is 2.18. The van der Waals surface area contributed by atoms with Crippen molar-refractivity contribution in [1.82, 2.24) is 36.8 Å². The summed E-state index contributed by atoms with van der Waals surface area (Å²) in [5.74, 6) is -7.77. The highest BCUT2D eigenvalue weighted by molar-refractivity contribution is 5.97. The molecule has 19 heteroatoms. The number of carbonyl (C=O) groups is 9. The number of hydrogen-bond donors (Lipinski definition) is 9. The summed E-state index contributed by atoms with van der Waals surface area (Å²) in [6.45, 7) is 9.11. The minimum absolute atomic E-state index is 0.105. The van der Waals surface area contributed by atoms with Gasteiger partial charge < -0.3 is 53.4 Å². The van der Waals surface area contributed by atoms with E-state index in [4.69, 9.17) is 16.6 Å². The van der Waals surface area contributed by atoms with E-state index < -0.39 is 108 Å². The fourth-order valence-electron chi connectivity index (χ4n) is 5.33. The monoisotopic (exact) mass is 725 g/mol. The molecule has 0 aromatic rings. The Bertz CT molecular complexity index is 1290. The highest BCUT2D eigenvalue weighted by Gasteiger charge is 2.37. The Morgan fingerprint density at radius 2 is 1.31 bits per heavy atom. The van der Waals surface area contributed by atoms with Crippen LogP contribution in [-0.4, -0.2) is 120 Å². The number of likely N-dealkylation sites (tertiary alicyclic amines) is 1. The van der Waals surface area contributed by atoms with E-state index in [0.29, 0.717) is 19.4 Å². The summed E-state index contributed by atoms with van der Waals surface area (Å²) in [5, 5.41) is 23.6. The fraction of sp³-hybridized carbons (Fsp3) is 0.719. The fourth-order valence-corrected chi connectivity index (χ4v) is 5.33. The Morgan fingerprint density at radius 3 is 1.82 bits per heavy atom. The molecule has 0 aromatic heterocycles. The number of nitrogens with one attached hydrogen (secondary N) is 6. The van der Waals surface area contributed by atoms with Crippen molar-refractivity contribution in [2.45, 2.75) is 104 Å². The molecule has 1 saturated heterocycles. The summed E-state index contributed by atoms with van der Waals surface area (Å²) < 4.78 is 0. The van der Waals surface area contributed by atoms with Gasteiger partial charge in [0.1, 0.15) is 36.8 Å². The lowest BCUT2D eigenvalue weighted by atomic mass is 9.98. The Morgan fingerprint density at radius 1 is 0.745 bits per heavy atom. The number of carboxylic acids is 1. The molecule has 1 aliphatic rings. The van der Waals surface area contributed by atoms with E-state index in [1.165, 1.54) is 4.90 Å². The molecule has 1 aliphatic heterocycles. The first kappa shape index (κ1) is 44.2. The van der Waals surface area contributed by atoms with Crippen molar-refractivity contribution in [1.29, 1.82) is 0 Å². The van der Waals surface area contributed by atoms with Crippen LogP contribution in [-0.2, 0) is 43.2 Å². The third kappa shape index (κ3) is 15.3. The smallest absolute Gasteiger partial charge is 0.322 e. The van der Waals surface area contributed by atoms with Gasteiger partial charge >= 0.3 is 5.97 Å². The van der Waals surface area contributed by atoms with Crippen molar-refractivity contribution >= 4 is 53.2 Å². The largest absolute Gasteiger partial charge is 0.480 e. The second-order valence-corrected chi connectivity index (χ2v) is 13.6. The topological polar surface area (TPSA) is 301 Å². The maximum atomic E-state index is 13.6. The summed E-state index contributed by atoms with van der Waals surface area (Å²) in [6, 6.07) is -5.64. The van der Waals surface area contributed by atoms with Crippen LogP contribution in [0, 0.1) is 17.8 Å². The van der Waals surface area contributed by atoms with Crippen LogP contribution < -0.4 is 43.4 Å². The van der Waals surface area contributed by atoms with E-state index in [1.807, 2.05) is 13.8 Å². The van der Waals surface area contributed by atoms with Gasteiger partial charge in [0.15, 0.2) is 0 Å². The van der Waals surface area contributed by atoms with Crippen LogP contribution in [0.3, 0.4) is 0 Å². The normalized spacial score (nSPS) is 16.4. The van der Waals surface area contributed by atoms with E-state index in [0.717, 1.165) is 0 Å². The molecule has 5 atom stereocenters. The number of hydrogen-bond acceptors (Lipinski definition) is 10. The number of carbonyl (C=O) groups excluding carboxylic acids is 8. The summed E-state index contributed by atoms with van der Waals surface area (Å²) in [4.78, 5) is 114. The molecule has 0 aromatic carbocycles.